The normalized spacial score (nSPS) is 22.3. The topological polar surface area (TPSA) is 58.1 Å². The second-order valence-corrected chi connectivity index (χ2v) is 8.21. The summed E-state index contributed by atoms with van der Waals surface area (Å²) in [4.78, 5) is 23.3. The molecule has 1 unspecified atom stereocenters. The molecular weight excluding hydrogens is 358 g/mol. The molecule has 0 bridgehead atoms. The van der Waals surface area contributed by atoms with Gasteiger partial charge in [-0.1, -0.05) is 0 Å². The Morgan fingerprint density at radius 2 is 2.15 bits per heavy atom. The zero-order chi connectivity index (χ0) is 18.3. The maximum atomic E-state index is 14.7. The third-order valence-corrected chi connectivity index (χ3v) is 5.78. The zero-order valence-corrected chi connectivity index (χ0v) is 15.2. The maximum absolute atomic E-state index is 14.7. The van der Waals surface area contributed by atoms with E-state index in [9.17, 15) is 13.6 Å². The minimum absolute atomic E-state index is 0.0920. The molecule has 0 aromatic carbocycles. The van der Waals surface area contributed by atoms with Crippen LogP contribution in [-0.2, 0) is 4.79 Å². The van der Waals surface area contributed by atoms with Crippen LogP contribution in [0, 0.1) is 12.8 Å². The highest BCUT2D eigenvalue weighted by Gasteiger charge is 2.49. The summed E-state index contributed by atoms with van der Waals surface area (Å²) in [5.41, 5.74) is 1.44. The molecule has 2 aliphatic rings. The minimum atomic E-state index is -3.08. The van der Waals surface area contributed by atoms with Crippen molar-refractivity contribution < 1.29 is 13.6 Å². The van der Waals surface area contributed by atoms with E-state index in [1.54, 1.807) is 29.6 Å². The number of thiazole rings is 1. The first-order valence-electron chi connectivity index (χ1n) is 8.74. The van der Waals surface area contributed by atoms with Crippen molar-refractivity contribution in [3.05, 3.63) is 29.5 Å². The van der Waals surface area contributed by atoms with Gasteiger partial charge < -0.3 is 10.2 Å². The van der Waals surface area contributed by atoms with Gasteiger partial charge in [-0.3, -0.25) is 9.78 Å². The van der Waals surface area contributed by atoms with Gasteiger partial charge in [0.1, 0.15) is 10.9 Å². The summed E-state index contributed by atoms with van der Waals surface area (Å²) >= 11 is 1.52. The van der Waals surface area contributed by atoms with Gasteiger partial charge in [-0.2, -0.15) is 0 Å². The second-order valence-electron chi connectivity index (χ2n) is 6.98. The third kappa shape index (κ3) is 3.42. The van der Waals surface area contributed by atoms with Crippen LogP contribution in [0.4, 0.5) is 14.5 Å². The lowest BCUT2D eigenvalue weighted by atomic mass is 9.91. The van der Waals surface area contributed by atoms with Crippen molar-refractivity contribution in [1.29, 1.82) is 0 Å². The number of halogens is 2. The average molecular weight is 378 g/mol. The maximum Gasteiger partial charge on any atom is 0.276 e. The second kappa shape index (κ2) is 6.57. The summed E-state index contributed by atoms with van der Waals surface area (Å²) in [6.07, 6.45) is 6.92. The van der Waals surface area contributed by atoms with E-state index >= 15 is 0 Å². The van der Waals surface area contributed by atoms with Crippen LogP contribution < -0.4 is 10.2 Å². The lowest BCUT2D eigenvalue weighted by Gasteiger charge is -2.39. The number of pyridine rings is 1. The van der Waals surface area contributed by atoms with Crippen molar-refractivity contribution in [3.63, 3.8) is 0 Å². The molecule has 1 aliphatic carbocycles. The highest BCUT2D eigenvalue weighted by molar-refractivity contribution is 7.15. The fourth-order valence-electron chi connectivity index (χ4n) is 3.30. The first kappa shape index (κ1) is 17.3. The first-order chi connectivity index (χ1) is 12.4. The van der Waals surface area contributed by atoms with Gasteiger partial charge in [0.25, 0.3) is 5.92 Å². The number of piperidine rings is 1. The van der Waals surface area contributed by atoms with E-state index in [1.807, 2.05) is 6.92 Å². The molecule has 2 aromatic heterocycles. The van der Waals surface area contributed by atoms with Gasteiger partial charge in [-0.15, -0.1) is 11.3 Å². The molecule has 26 heavy (non-hydrogen) atoms. The van der Waals surface area contributed by atoms with Crippen molar-refractivity contribution >= 4 is 22.9 Å². The Balaban J connectivity index is 1.56. The molecule has 4 rings (SSSR count). The highest BCUT2D eigenvalue weighted by atomic mass is 32.1. The lowest BCUT2D eigenvalue weighted by molar-refractivity contribution is -0.141. The third-order valence-electron chi connectivity index (χ3n) is 4.83. The first-order valence-corrected chi connectivity index (χ1v) is 9.55. The van der Waals surface area contributed by atoms with E-state index in [-0.39, 0.29) is 12.5 Å². The van der Waals surface area contributed by atoms with Gasteiger partial charge in [-0.05, 0) is 32.3 Å². The Morgan fingerprint density at radius 1 is 1.35 bits per heavy atom. The van der Waals surface area contributed by atoms with Crippen molar-refractivity contribution in [1.82, 2.24) is 15.3 Å². The molecule has 1 amide bonds. The van der Waals surface area contributed by atoms with Gasteiger partial charge in [0.15, 0.2) is 0 Å². The average Bonchev–Trinajstić information content (AvgIpc) is 3.31. The summed E-state index contributed by atoms with van der Waals surface area (Å²) in [6, 6.07) is 1.90. The number of aromatic nitrogens is 2. The van der Waals surface area contributed by atoms with Crippen LogP contribution in [0.3, 0.4) is 0 Å². The van der Waals surface area contributed by atoms with Crippen LogP contribution in [0.25, 0.3) is 10.6 Å². The van der Waals surface area contributed by atoms with Crippen LogP contribution >= 0.6 is 11.3 Å². The monoisotopic (exact) mass is 378 g/mol. The smallest absolute Gasteiger partial charge is 0.276 e. The molecule has 138 valence electrons. The van der Waals surface area contributed by atoms with Gasteiger partial charge in [-0.25, -0.2) is 13.8 Å². The van der Waals surface area contributed by atoms with Crippen LogP contribution in [-0.4, -0.2) is 40.9 Å². The number of nitrogens with one attached hydrogen (secondary N) is 1. The summed E-state index contributed by atoms with van der Waals surface area (Å²) in [6.45, 7) is 1.86. The Kier molecular flexibility index (Phi) is 4.38. The van der Waals surface area contributed by atoms with Gasteiger partial charge in [0, 0.05) is 35.4 Å². The van der Waals surface area contributed by atoms with Crippen molar-refractivity contribution in [2.75, 3.05) is 18.0 Å². The molecule has 1 aliphatic heterocycles. The Hall–Kier alpha value is -2.09. The Morgan fingerprint density at radius 3 is 2.81 bits per heavy atom. The Labute approximate surface area is 154 Å². The molecule has 0 spiro atoms. The fourth-order valence-corrected chi connectivity index (χ4v) is 4.09. The van der Waals surface area contributed by atoms with E-state index in [1.165, 1.54) is 11.3 Å². The van der Waals surface area contributed by atoms with E-state index in [0.29, 0.717) is 12.2 Å². The van der Waals surface area contributed by atoms with E-state index in [4.69, 9.17) is 0 Å². The number of hydrogen-bond donors (Lipinski definition) is 1. The number of rotatable bonds is 4. The zero-order valence-electron chi connectivity index (χ0n) is 14.4. The fraction of sp³-hybridized carbons (Fsp3) is 0.500. The molecule has 8 heteroatoms. The number of anilines is 1. The number of amides is 1. The molecule has 5 nitrogen and oxygen atoms in total. The molecule has 1 saturated carbocycles. The molecule has 0 radical (unpaired) electrons. The molecular formula is C18H20F2N4OS. The van der Waals surface area contributed by atoms with Gasteiger partial charge in [0.2, 0.25) is 5.91 Å². The largest absolute Gasteiger partial charge is 0.364 e. The van der Waals surface area contributed by atoms with E-state index in [0.717, 1.165) is 28.3 Å². The molecule has 2 fully saturated rings. The standard InChI is InChI=1S/C18H20F2N4OS/c1-11-8-22-17(26-11)13-4-6-21-9-15(13)24-7-5-14(18(19,20)10-24)16(25)23-12-2-3-12/h4,6,8-9,12,14H,2-3,5,7,10H2,1H3,(H,23,25). The predicted octanol–water partition coefficient (Wildman–Crippen LogP) is 3.25. The van der Waals surface area contributed by atoms with Crippen LogP contribution in [0.2, 0.25) is 0 Å². The summed E-state index contributed by atoms with van der Waals surface area (Å²) in [7, 11) is 0. The van der Waals surface area contributed by atoms with Crippen molar-refractivity contribution in [2.45, 2.75) is 38.2 Å². The number of carbonyl (C=O) groups is 1. The van der Waals surface area contributed by atoms with Crippen molar-refractivity contribution in [3.8, 4) is 10.6 Å². The summed E-state index contributed by atoms with van der Waals surface area (Å²) in [5.74, 6) is -4.86. The number of nitrogens with zero attached hydrogens (tertiary/aromatic N) is 3. The minimum Gasteiger partial charge on any atom is -0.364 e. The molecule has 1 saturated heterocycles. The quantitative estimate of drug-likeness (QED) is 0.887. The van der Waals surface area contributed by atoms with Crippen molar-refractivity contribution in [2.24, 2.45) is 5.92 Å². The van der Waals surface area contributed by atoms with Crippen LogP contribution in [0.5, 0.6) is 0 Å². The number of hydrogen-bond acceptors (Lipinski definition) is 5. The number of alkyl halides is 2. The summed E-state index contributed by atoms with van der Waals surface area (Å²) < 4.78 is 29.5. The Bertz CT molecular complexity index is 821. The van der Waals surface area contributed by atoms with Gasteiger partial charge >= 0.3 is 0 Å². The lowest BCUT2D eigenvalue weighted by Crippen LogP contribution is -2.54. The molecule has 3 heterocycles. The highest BCUT2D eigenvalue weighted by Crippen LogP contribution is 2.39. The molecule has 1 atom stereocenters. The SMILES string of the molecule is Cc1cnc(-c2ccncc2N2CCC(C(=O)NC3CC3)C(F)(F)C2)s1. The number of carbonyl (C=O) groups excluding carboxylic acids is 1. The molecule has 1 N–H and O–H groups in total. The van der Waals surface area contributed by atoms with Gasteiger partial charge in [0.05, 0.1) is 18.4 Å². The van der Waals surface area contributed by atoms with E-state index in [2.05, 4.69) is 15.3 Å². The number of aryl methyl sites for hydroxylation is 1. The van der Waals surface area contributed by atoms with E-state index < -0.39 is 24.3 Å². The summed E-state index contributed by atoms with van der Waals surface area (Å²) in [5, 5.41) is 3.50. The van der Waals surface area contributed by atoms with Crippen LogP contribution in [0.15, 0.2) is 24.7 Å². The molecule has 2 aromatic rings. The predicted molar refractivity (Wildman–Crippen MR) is 96.5 cm³/mol. The van der Waals surface area contributed by atoms with Crippen LogP contribution in [0.1, 0.15) is 24.1 Å².